The van der Waals surface area contributed by atoms with Crippen molar-refractivity contribution in [2.24, 2.45) is 5.92 Å². The summed E-state index contributed by atoms with van der Waals surface area (Å²) >= 11 is 0. The molecule has 0 radical (unpaired) electrons. The number of hydrogen-bond acceptors (Lipinski definition) is 5. The minimum absolute atomic E-state index is 0.456. The van der Waals surface area contributed by atoms with E-state index in [9.17, 15) is 0 Å². The van der Waals surface area contributed by atoms with Crippen molar-refractivity contribution in [3.05, 3.63) is 18.1 Å². The predicted molar refractivity (Wildman–Crippen MR) is 60.4 cm³/mol. The van der Waals surface area contributed by atoms with Gasteiger partial charge < -0.3 is 5.73 Å². The second-order valence-electron chi connectivity index (χ2n) is 4.04. The Hall–Kier alpha value is -1.98. The molecule has 84 valence electrons. The molecule has 16 heavy (non-hydrogen) atoms. The van der Waals surface area contributed by atoms with E-state index >= 15 is 0 Å². The maximum absolute atomic E-state index is 5.73. The molecule has 0 atom stereocenters. The number of aromatic amines is 1. The summed E-state index contributed by atoms with van der Waals surface area (Å²) in [4.78, 5) is 12.5. The van der Waals surface area contributed by atoms with Gasteiger partial charge in [0.25, 0.3) is 0 Å². The van der Waals surface area contributed by atoms with Crippen LogP contribution in [-0.4, -0.2) is 25.1 Å². The van der Waals surface area contributed by atoms with Gasteiger partial charge in [0.2, 0.25) is 0 Å². The fourth-order valence-electron chi connectivity index (χ4n) is 1.46. The first-order chi connectivity index (χ1) is 7.65. The van der Waals surface area contributed by atoms with Crippen LogP contribution in [0.3, 0.4) is 0 Å². The highest BCUT2D eigenvalue weighted by atomic mass is 15.2. The van der Waals surface area contributed by atoms with E-state index in [2.05, 4.69) is 39.0 Å². The van der Waals surface area contributed by atoms with E-state index in [1.165, 1.54) is 6.33 Å². The van der Waals surface area contributed by atoms with Crippen LogP contribution >= 0.6 is 0 Å². The van der Waals surface area contributed by atoms with Gasteiger partial charge in [0, 0.05) is 11.8 Å². The van der Waals surface area contributed by atoms with Crippen LogP contribution in [0.4, 0.5) is 5.82 Å². The van der Waals surface area contributed by atoms with Gasteiger partial charge >= 0.3 is 0 Å². The maximum Gasteiger partial charge on any atom is 0.199 e. The number of nitrogen functional groups attached to an aromatic ring is 1. The van der Waals surface area contributed by atoms with Crippen molar-refractivity contribution in [1.82, 2.24) is 25.1 Å². The average molecular weight is 218 g/mol. The number of anilines is 1. The van der Waals surface area contributed by atoms with Gasteiger partial charge in [-0.25, -0.2) is 15.0 Å². The molecular weight excluding hydrogens is 204 g/mol. The van der Waals surface area contributed by atoms with E-state index < -0.39 is 0 Å². The molecule has 0 saturated heterocycles. The van der Waals surface area contributed by atoms with E-state index in [4.69, 9.17) is 5.73 Å². The predicted octanol–water partition coefficient (Wildman–Crippen LogP) is 1.04. The van der Waals surface area contributed by atoms with Crippen molar-refractivity contribution in [2.75, 3.05) is 5.73 Å². The zero-order chi connectivity index (χ0) is 11.5. The van der Waals surface area contributed by atoms with Crippen LogP contribution in [0.25, 0.3) is 11.6 Å². The summed E-state index contributed by atoms with van der Waals surface area (Å²) in [5.41, 5.74) is 6.65. The Bertz CT molecular complexity index is 462. The molecule has 2 rings (SSSR count). The largest absolute Gasteiger partial charge is 0.384 e. The Morgan fingerprint density at radius 3 is 2.81 bits per heavy atom. The highest BCUT2D eigenvalue weighted by Gasteiger charge is 2.08. The molecule has 0 fully saturated rings. The van der Waals surface area contributed by atoms with Crippen LogP contribution in [0.1, 0.15) is 19.5 Å². The van der Waals surface area contributed by atoms with Crippen LogP contribution in [0, 0.1) is 5.92 Å². The SMILES string of the molecule is CC(C)Cc1cc(N)nc(-c2ncn[nH]2)n1. The molecular formula is C10H14N6. The lowest BCUT2D eigenvalue weighted by atomic mass is 10.1. The molecule has 0 aromatic carbocycles. The Labute approximate surface area is 93.3 Å². The lowest BCUT2D eigenvalue weighted by molar-refractivity contribution is 0.634. The second kappa shape index (κ2) is 4.26. The molecule has 0 aliphatic carbocycles. The Kier molecular flexibility index (Phi) is 2.80. The molecule has 0 aliphatic rings. The number of nitrogens with two attached hydrogens (primary N) is 1. The van der Waals surface area contributed by atoms with Crippen molar-refractivity contribution >= 4 is 5.82 Å². The smallest absolute Gasteiger partial charge is 0.199 e. The van der Waals surface area contributed by atoms with Gasteiger partial charge in [0.05, 0.1) is 0 Å². The van der Waals surface area contributed by atoms with Gasteiger partial charge in [0.1, 0.15) is 12.1 Å². The zero-order valence-corrected chi connectivity index (χ0v) is 9.31. The summed E-state index contributed by atoms with van der Waals surface area (Å²) in [6, 6.07) is 1.79. The standard InChI is InChI=1S/C10H14N6/c1-6(2)3-7-4-8(11)15-10(14-7)9-12-5-13-16-9/h4-6H,3H2,1-2H3,(H2,11,14,15)(H,12,13,16). The topological polar surface area (TPSA) is 93.4 Å². The number of nitrogens with zero attached hydrogens (tertiary/aromatic N) is 4. The quantitative estimate of drug-likeness (QED) is 0.802. The lowest BCUT2D eigenvalue weighted by Crippen LogP contribution is -2.04. The zero-order valence-electron chi connectivity index (χ0n) is 9.31. The van der Waals surface area contributed by atoms with Crippen molar-refractivity contribution in [2.45, 2.75) is 20.3 Å². The van der Waals surface area contributed by atoms with E-state index in [-0.39, 0.29) is 0 Å². The van der Waals surface area contributed by atoms with Gasteiger partial charge in [0.15, 0.2) is 11.6 Å². The second-order valence-corrected chi connectivity index (χ2v) is 4.04. The van der Waals surface area contributed by atoms with Crippen LogP contribution in [-0.2, 0) is 6.42 Å². The van der Waals surface area contributed by atoms with E-state index in [1.807, 2.05) is 0 Å². The molecule has 0 saturated carbocycles. The molecule has 2 aromatic rings. The summed E-state index contributed by atoms with van der Waals surface area (Å²) < 4.78 is 0. The first-order valence-electron chi connectivity index (χ1n) is 5.14. The third-order valence-corrected chi connectivity index (χ3v) is 2.04. The van der Waals surface area contributed by atoms with Crippen LogP contribution in [0.15, 0.2) is 12.4 Å². The van der Waals surface area contributed by atoms with Crippen molar-refractivity contribution in [1.29, 1.82) is 0 Å². The maximum atomic E-state index is 5.73. The summed E-state index contributed by atoms with van der Waals surface area (Å²) in [5.74, 6) is 2.01. The first-order valence-corrected chi connectivity index (χ1v) is 5.14. The molecule has 3 N–H and O–H groups in total. The molecule has 0 unspecified atom stereocenters. The molecule has 0 spiro atoms. The summed E-state index contributed by atoms with van der Waals surface area (Å²) in [7, 11) is 0. The lowest BCUT2D eigenvalue weighted by Gasteiger charge is -2.06. The average Bonchev–Trinajstić information content (AvgIpc) is 2.67. The number of hydrogen-bond donors (Lipinski definition) is 2. The molecule has 2 aromatic heterocycles. The summed E-state index contributed by atoms with van der Waals surface area (Å²) in [6.45, 7) is 4.26. The highest BCUT2D eigenvalue weighted by molar-refractivity contribution is 5.46. The number of H-pyrrole nitrogens is 1. The third-order valence-electron chi connectivity index (χ3n) is 2.04. The van der Waals surface area contributed by atoms with Gasteiger partial charge in [-0.05, 0) is 12.3 Å². The minimum atomic E-state index is 0.456. The van der Waals surface area contributed by atoms with Crippen molar-refractivity contribution in [3.8, 4) is 11.6 Å². The monoisotopic (exact) mass is 218 g/mol. The van der Waals surface area contributed by atoms with E-state index in [0.29, 0.717) is 23.4 Å². The molecule has 2 heterocycles. The summed E-state index contributed by atoms with van der Waals surface area (Å²) in [6.07, 6.45) is 2.29. The molecule has 0 amide bonds. The van der Waals surface area contributed by atoms with Gasteiger partial charge in [-0.3, -0.25) is 5.10 Å². The number of rotatable bonds is 3. The fraction of sp³-hybridized carbons (Fsp3) is 0.400. The molecule has 0 bridgehead atoms. The molecule has 6 nitrogen and oxygen atoms in total. The third kappa shape index (κ3) is 2.33. The highest BCUT2D eigenvalue weighted by Crippen LogP contribution is 2.14. The Morgan fingerprint density at radius 1 is 1.38 bits per heavy atom. The van der Waals surface area contributed by atoms with E-state index in [0.717, 1.165) is 12.1 Å². The van der Waals surface area contributed by atoms with Crippen LogP contribution < -0.4 is 5.73 Å². The number of aromatic nitrogens is 5. The Balaban J connectivity index is 2.36. The van der Waals surface area contributed by atoms with Crippen molar-refractivity contribution in [3.63, 3.8) is 0 Å². The van der Waals surface area contributed by atoms with E-state index in [1.54, 1.807) is 6.07 Å². The fourth-order valence-corrected chi connectivity index (χ4v) is 1.46. The minimum Gasteiger partial charge on any atom is -0.384 e. The van der Waals surface area contributed by atoms with Crippen molar-refractivity contribution < 1.29 is 0 Å². The van der Waals surface area contributed by atoms with Gasteiger partial charge in [-0.2, -0.15) is 5.10 Å². The summed E-state index contributed by atoms with van der Waals surface area (Å²) in [5, 5.41) is 6.48. The molecule has 0 aliphatic heterocycles. The normalized spacial score (nSPS) is 10.9. The van der Waals surface area contributed by atoms with Gasteiger partial charge in [-0.1, -0.05) is 13.8 Å². The van der Waals surface area contributed by atoms with Crippen LogP contribution in [0.5, 0.6) is 0 Å². The van der Waals surface area contributed by atoms with Crippen LogP contribution in [0.2, 0.25) is 0 Å². The molecule has 6 heteroatoms. The Morgan fingerprint density at radius 2 is 2.19 bits per heavy atom. The number of nitrogens with one attached hydrogen (secondary N) is 1. The first kappa shape index (κ1) is 10.5. The van der Waals surface area contributed by atoms with Gasteiger partial charge in [-0.15, -0.1) is 0 Å².